The fourth-order valence-electron chi connectivity index (χ4n) is 2.46. The maximum Gasteiger partial charge on any atom is 0.321 e. The van der Waals surface area contributed by atoms with Crippen molar-refractivity contribution >= 4 is 18.4 Å². The maximum atomic E-state index is 10.7. The van der Waals surface area contributed by atoms with Crippen LogP contribution in [-0.4, -0.2) is 23.7 Å². The second kappa shape index (κ2) is 2.60. The molecule has 1 aliphatic carbocycles. The van der Waals surface area contributed by atoms with Gasteiger partial charge in [0.1, 0.15) is 6.04 Å². The smallest absolute Gasteiger partial charge is 0.321 e. The first-order valence-corrected chi connectivity index (χ1v) is 4.01. The van der Waals surface area contributed by atoms with Gasteiger partial charge in [-0.15, -0.1) is 12.4 Å². The van der Waals surface area contributed by atoms with E-state index < -0.39 is 5.97 Å². The maximum absolute atomic E-state index is 10.7. The van der Waals surface area contributed by atoms with Crippen LogP contribution in [0, 0.1) is 17.3 Å². The number of carbonyl (C=O) groups is 1. The van der Waals surface area contributed by atoms with Crippen LogP contribution in [0.4, 0.5) is 0 Å². The van der Waals surface area contributed by atoms with Gasteiger partial charge in [0.15, 0.2) is 0 Å². The molecule has 1 aliphatic heterocycles. The molecule has 1 saturated heterocycles. The van der Waals surface area contributed by atoms with E-state index in [1.54, 1.807) is 0 Å². The Morgan fingerprint density at radius 2 is 2.17 bits per heavy atom. The van der Waals surface area contributed by atoms with Gasteiger partial charge in [-0.3, -0.25) is 4.79 Å². The quantitative estimate of drug-likeness (QED) is 0.643. The van der Waals surface area contributed by atoms with Gasteiger partial charge in [-0.2, -0.15) is 0 Å². The molecular weight excluding hydrogens is 178 g/mol. The molecule has 0 amide bonds. The van der Waals surface area contributed by atoms with E-state index in [4.69, 9.17) is 5.11 Å². The van der Waals surface area contributed by atoms with Crippen LogP contribution in [0.1, 0.15) is 13.8 Å². The van der Waals surface area contributed by atoms with Crippen molar-refractivity contribution in [2.75, 3.05) is 6.54 Å². The minimum absolute atomic E-state index is 0. The Bertz CT molecular complexity index is 217. The first-order valence-electron chi connectivity index (χ1n) is 4.01. The molecule has 0 aromatic carbocycles. The second-order valence-corrected chi connectivity index (χ2v) is 4.18. The zero-order chi connectivity index (χ0) is 8.22. The van der Waals surface area contributed by atoms with Crippen molar-refractivity contribution in [3.05, 3.63) is 0 Å². The number of hydrogen-bond donors (Lipinski definition) is 2. The number of aliphatic carboxylic acids is 1. The summed E-state index contributed by atoms with van der Waals surface area (Å²) in [6.45, 7) is 5.19. The third-order valence-corrected chi connectivity index (χ3v) is 3.32. The number of fused-ring (bicyclic) bond motifs is 1. The highest BCUT2D eigenvalue weighted by Gasteiger charge is 2.65. The van der Waals surface area contributed by atoms with E-state index in [2.05, 4.69) is 19.2 Å². The van der Waals surface area contributed by atoms with Gasteiger partial charge in [0, 0.05) is 0 Å². The summed E-state index contributed by atoms with van der Waals surface area (Å²) in [7, 11) is 0. The number of nitrogens with one attached hydrogen (secondary N) is 1. The summed E-state index contributed by atoms with van der Waals surface area (Å²) in [5.41, 5.74) is 0.272. The van der Waals surface area contributed by atoms with Gasteiger partial charge < -0.3 is 10.4 Å². The zero-order valence-electron chi connectivity index (χ0n) is 7.20. The lowest BCUT2D eigenvalue weighted by Crippen LogP contribution is -2.37. The summed E-state index contributed by atoms with van der Waals surface area (Å²) in [6.07, 6.45) is 0. The Kier molecular flexibility index (Phi) is 2.13. The van der Waals surface area contributed by atoms with E-state index in [0.717, 1.165) is 6.54 Å². The predicted molar refractivity (Wildman–Crippen MR) is 47.4 cm³/mol. The Labute approximate surface area is 77.9 Å². The topological polar surface area (TPSA) is 49.3 Å². The van der Waals surface area contributed by atoms with Crippen LogP contribution in [0.5, 0.6) is 0 Å². The summed E-state index contributed by atoms with van der Waals surface area (Å²) in [5, 5.41) is 11.8. The average molecular weight is 192 g/mol. The molecule has 3 nitrogen and oxygen atoms in total. The zero-order valence-corrected chi connectivity index (χ0v) is 8.02. The molecule has 2 aliphatic rings. The van der Waals surface area contributed by atoms with E-state index in [-0.39, 0.29) is 23.9 Å². The van der Waals surface area contributed by atoms with Crippen molar-refractivity contribution in [3.8, 4) is 0 Å². The molecule has 2 fully saturated rings. The molecule has 0 unspecified atom stereocenters. The molecule has 0 bridgehead atoms. The number of halogens is 1. The minimum Gasteiger partial charge on any atom is -0.480 e. The standard InChI is InChI=1S/C8H13NO2.ClH/c1-8(2)4-3-9-6(5(4)8)7(10)11;/h4-6,9H,3H2,1-2H3,(H,10,11);1H/t4-,5-,6-;/m1./s1. The lowest BCUT2D eigenvalue weighted by Gasteiger charge is -2.14. The van der Waals surface area contributed by atoms with Crippen molar-refractivity contribution in [3.63, 3.8) is 0 Å². The molecule has 2 rings (SSSR count). The van der Waals surface area contributed by atoms with Crippen molar-refractivity contribution in [1.29, 1.82) is 0 Å². The van der Waals surface area contributed by atoms with Crippen molar-refractivity contribution in [2.45, 2.75) is 19.9 Å². The van der Waals surface area contributed by atoms with Gasteiger partial charge in [-0.1, -0.05) is 13.8 Å². The molecule has 3 atom stereocenters. The van der Waals surface area contributed by atoms with E-state index in [9.17, 15) is 4.79 Å². The summed E-state index contributed by atoms with van der Waals surface area (Å²) >= 11 is 0. The minimum atomic E-state index is -0.692. The molecule has 4 heteroatoms. The van der Waals surface area contributed by atoms with Gasteiger partial charge in [-0.05, 0) is 23.8 Å². The molecule has 1 heterocycles. The highest BCUT2D eigenvalue weighted by atomic mass is 35.5. The lowest BCUT2D eigenvalue weighted by molar-refractivity contribution is -0.139. The molecule has 1 saturated carbocycles. The number of rotatable bonds is 1. The molecule has 70 valence electrons. The van der Waals surface area contributed by atoms with Crippen LogP contribution in [0.2, 0.25) is 0 Å². The lowest BCUT2D eigenvalue weighted by atomic mass is 10.0. The number of piperidine rings is 1. The van der Waals surface area contributed by atoms with Crippen LogP contribution < -0.4 is 5.32 Å². The Hall–Kier alpha value is -0.280. The fraction of sp³-hybridized carbons (Fsp3) is 0.875. The molecule has 0 spiro atoms. The monoisotopic (exact) mass is 191 g/mol. The Morgan fingerprint density at radius 1 is 1.58 bits per heavy atom. The van der Waals surface area contributed by atoms with Crippen molar-refractivity contribution < 1.29 is 9.90 Å². The Morgan fingerprint density at radius 3 is 2.42 bits per heavy atom. The van der Waals surface area contributed by atoms with Crippen molar-refractivity contribution in [1.82, 2.24) is 5.32 Å². The first-order chi connectivity index (χ1) is 5.05. The summed E-state index contributed by atoms with van der Waals surface area (Å²) < 4.78 is 0. The molecule has 0 aromatic rings. The van der Waals surface area contributed by atoms with Gasteiger partial charge in [0.05, 0.1) is 0 Å². The molecular formula is C8H14ClNO2. The SMILES string of the molecule is CC1(C)[C@@H]2[C@H]1CN[C@H]2C(=O)O.Cl. The summed E-state index contributed by atoms with van der Waals surface area (Å²) in [4.78, 5) is 10.7. The molecule has 12 heavy (non-hydrogen) atoms. The highest BCUT2D eigenvalue weighted by molar-refractivity contribution is 5.85. The van der Waals surface area contributed by atoms with Gasteiger partial charge in [0.25, 0.3) is 0 Å². The van der Waals surface area contributed by atoms with E-state index in [1.807, 2.05) is 0 Å². The number of hydrogen-bond acceptors (Lipinski definition) is 2. The summed E-state index contributed by atoms with van der Waals surface area (Å²) in [5.74, 6) is 0.284. The normalized spacial score (nSPS) is 41.3. The molecule has 0 radical (unpaired) electrons. The third kappa shape index (κ3) is 1.04. The average Bonchev–Trinajstić information content (AvgIpc) is 2.34. The molecule has 0 aromatic heterocycles. The van der Waals surface area contributed by atoms with Gasteiger partial charge in [0.2, 0.25) is 0 Å². The van der Waals surface area contributed by atoms with E-state index in [1.165, 1.54) is 0 Å². The Balaban J connectivity index is 0.000000720. The first kappa shape index (κ1) is 9.81. The van der Waals surface area contributed by atoms with E-state index >= 15 is 0 Å². The van der Waals surface area contributed by atoms with Gasteiger partial charge in [-0.25, -0.2) is 0 Å². The van der Waals surface area contributed by atoms with Crippen molar-refractivity contribution in [2.24, 2.45) is 17.3 Å². The second-order valence-electron chi connectivity index (χ2n) is 4.18. The summed E-state index contributed by atoms with van der Waals surface area (Å²) in [6, 6.07) is -0.282. The predicted octanol–water partition coefficient (Wildman–Crippen LogP) is 0.737. The number of carboxylic acids is 1. The van der Waals surface area contributed by atoms with Crippen LogP contribution in [-0.2, 0) is 4.79 Å². The largest absolute Gasteiger partial charge is 0.480 e. The highest BCUT2D eigenvalue weighted by Crippen LogP contribution is 2.62. The van der Waals surface area contributed by atoms with Crippen LogP contribution in [0.25, 0.3) is 0 Å². The fourth-order valence-corrected chi connectivity index (χ4v) is 2.46. The van der Waals surface area contributed by atoms with Gasteiger partial charge >= 0.3 is 5.97 Å². The molecule has 2 N–H and O–H groups in total. The number of carboxylic acid groups (broad SMARTS) is 1. The van der Waals surface area contributed by atoms with E-state index in [0.29, 0.717) is 11.8 Å². The van der Waals surface area contributed by atoms with Crippen LogP contribution >= 0.6 is 12.4 Å². The van der Waals surface area contributed by atoms with Crippen LogP contribution in [0.15, 0.2) is 0 Å². The third-order valence-electron chi connectivity index (χ3n) is 3.32. The van der Waals surface area contributed by atoms with Crippen LogP contribution in [0.3, 0.4) is 0 Å².